The van der Waals surface area contributed by atoms with Crippen LogP contribution in [0.1, 0.15) is 0 Å². The topological polar surface area (TPSA) is 134 Å². The average molecular weight is 238 g/mol. The van der Waals surface area contributed by atoms with Gasteiger partial charge in [-0.15, -0.1) is 0 Å². The van der Waals surface area contributed by atoms with E-state index in [-0.39, 0.29) is 0 Å². The van der Waals surface area contributed by atoms with Crippen molar-refractivity contribution in [3.05, 3.63) is 0 Å². The Kier molecular flexibility index (Phi) is 5.89. The molecule has 0 aromatic carbocycles. The van der Waals surface area contributed by atoms with E-state index < -0.39 is 36.4 Å². The molecule has 0 amide bonds. The molecule has 4 atom stereocenters. The third kappa shape index (κ3) is 3.42. The molecule has 94 valence electrons. The Morgan fingerprint density at radius 2 is 1.50 bits per heavy atom. The number of carbonyl (C=O) groups is 2. The Bertz CT molecular complexity index is 252. The molecule has 0 aliphatic carbocycles. The number of aliphatic hydroxyl groups excluding tert-OH is 2. The van der Waals surface area contributed by atoms with E-state index in [1.807, 2.05) is 0 Å². The predicted octanol–water partition coefficient (Wildman–Crippen LogP) is -2.09. The maximum absolute atomic E-state index is 10.7. The van der Waals surface area contributed by atoms with Crippen LogP contribution in [-0.4, -0.2) is 71.0 Å². The lowest BCUT2D eigenvalue weighted by atomic mass is 10.0. The third-order valence-electron chi connectivity index (χ3n) is 1.98. The minimum Gasteiger partial charge on any atom is -0.479 e. The average Bonchev–Trinajstić information content (AvgIpc) is 2.22. The molecule has 0 aromatic heterocycles. The lowest BCUT2D eigenvalue weighted by molar-refractivity contribution is -0.179. The summed E-state index contributed by atoms with van der Waals surface area (Å²) < 4.78 is 9.15. The van der Waals surface area contributed by atoms with E-state index in [9.17, 15) is 14.7 Å². The number of carboxylic acids is 2. The van der Waals surface area contributed by atoms with Gasteiger partial charge in [0.1, 0.15) is 12.2 Å². The zero-order chi connectivity index (χ0) is 12.9. The summed E-state index contributed by atoms with van der Waals surface area (Å²) in [4.78, 5) is 21.1. The SMILES string of the molecule is CO[C@@H]([C@H](O)[C@H](O)C(=O)O)[C@@H](OC)C(=O)O. The van der Waals surface area contributed by atoms with Gasteiger partial charge < -0.3 is 29.9 Å². The molecule has 0 fully saturated rings. The van der Waals surface area contributed by atoms with Crippen molar-refractivity contribution in [2.45, 2.75) is 24.4 Å². The van der Waals surface area contributed by atoms with Crippen LogP contribution in [0.4, 0.5) is 0 Å². The van der Waals surface area contributed by atoms with E-state index in [1.54, 1.807) is 0 Å². The first-order chi connectivity index (χ1) is 7.36. The predicted molar refractivity (Wildman–Crippen MR) is 48.9 cm³/mol. The number of aliphatic hydroxyl groups is 2. The third-order valence-corrected chi connectivity index (χ3v) is 1.98. The van der Waals surface area contributed by atoms with Gasteiger partial charge in [0.2, 0.25) is 0 Å². The molecule has 0 heterocycles. The molecule has 0 aliphatic rings. The number of aliphatic carboxylic acids is 2. The van der Waals surface area contributed by atoms with Crippen molar-refractivity contribution < 1.29 is 39.5 Å². The summed E-state index contributed by atoms with van der Waals surface area (Å²) in [5.74, 6) is -3.12. The molecule has 8 heteroatoms. The molecule has 0 unspecified atom stereocenters. The van der Waals surface area contributed by atoms with Gasteiger partial charge in [-0.2, -0.15) is 0 Å². The molecule has 4 N–H and O–H groups in total. The zero-order valence-corrected chi connectivity index (χ0v) is 8.73. The number of carboxylic acid groups (broad SMARTS) is 2. The summed E-state index contributed by atoms with van der Waals surface area (Å²) in [5.41, 5.74) is 0. The highest BCUT2D eigenvalue weighted by molar-refractivity contribution is 5.75. The largest absolute Gasteiger partial charge is 0.479 e. The van der Waals surface area contributed by atoms with Crippen LogP contribution in [0.3, 0.4) is 0 Å². The lowest BCUT2D eigenvalue weighted by Crippen LogP contribution is -2.51. The standard InChI is InChI=1S/C8H14O8/c1-15-5(6(16-2)8(13)14)3(9)4(10)7(11)12/h3-6,9-10H,1-2H3,(H,11,12)(H,13,14)/t3-,4+,5+,6-/m1/s1. The fraction of sp³-hybridized carbons (Fsp3) is 0.750. The van der Waals surface area contributed by atoms with Gasteiger partial charge in [-0.1, -0.05) is 0 Å². The summed E-state index contributed by atoms with van der Waals surface area (Å²) in [7, 11) is 2.13. The van der Waals surface area contributed by atoms with Gasteiger partial charge in [-0.05, 0) is 0 Å². The van der Waals surface area contributed by atoms with E-state index in [0.29, 0.717) is 0 Å². The Hall–Kier alpha value is -1.22. The summed E-state index contributed by atoms with van der Waals surface area (Å²) in [6.45, 7) is 0. The monoisotopic (exact) mass is 238 g/mol. The Labute approximate surface area is 91.0 Å². The van der Waals surface area contributed by atoms with Crippen molar-refractivity contribution >= 4 is 11.9 Å². The highest BCUT2D eigenvalue weighted by atomic mass is 16.6. The van der Waals surface area contributed by atoms with Gasteiger partial charge in [-0.25, -0.2) is 9.59 Å². The van der Waals surface area contributed by atoms with E-state index in [2.05, 4.69) is 9.47 Å². The number of hydrogen-bond donors (Lipinski definition) is 4. The quantitative estimate of drug-likeness (QED) is 0.396. The first-order valence-electron chi connectivity index (χ1n) is 4.24. The fourth-order valence-electron chi connectivity index (χ4n) is 1.14. The lowest BCUT2D eigenvalue weighted by Gasteiger charge is -2.27. The number of ether oxygens (including phenoxy) is 2. The molecule has 0 radical (unpaired) electrons. The number of hydrogen-bond acceptors (Lipinski definition) is 6. The van der Waals surface area contributed by atoms with Crippen molar-refractivity contribution in [2.75, 3.05) is 14.2 Å². The van der Waals surface area contributed by atoms with Crippen molar-refractivity contribution in [3.8, 4) is 0 Å². The van der Waals surface area contributed by atoms with Crippen LogP contribution in [0.25, 0.3) is 0 Å². The van der Waals surface area contributed by atoms with E-state index in [1.165, 1.54) is 0 Å². The van der Waals surface area contributed by atoms with Gasteiger partial charge in [0.15, 0.2) is 12.2 Å². The Morgan fingerprint density at radius 1 is 1.00 bits per heavy atom. The fourth-order valence-corrected chi connectivity index (χ4v) is 1.14. The second-order valence-electron chi connectivity index (χ2n) is 2.97. The molecule has 16 heavy (non-hydrogen) atoms. The van der Waals surface area contributed by atoms with Gasteiger partial charge in [0, 0.05) is 14.2 Å². The minimum atomic E-state index is -2.15. The van der Waals surface area contributed by atoms with E-state index >= 15 is 0 Å². The van der Waals surface area contributed by atoms with Crippen LogP contribution in [0.15, 0.2) is 0 Å². The smallest absolute Gasteiger partial charge is 0.335 e. The van der Waals surface area contributed by atoms with Gasteiger partial charge >= 0.3 is 11.9 Å². The maximum atomic E-state index is 10.7. The molecule has 0 saturated carbocycles. The zero-order valence-electron chi connectivity index (χ0n) is 8.73. The van der Waals surface area contributed by atoms with Gasteiger partial charge in [-0.3, -0.25) is 0 Å². The molecular weight excluding hydrogens is 224 g/mol. The first-order valence-corrected chi connectivity index (χ1v) is 4.24. The molecule has 0 saturated heterocycles. The molecule has 0 aromatic rings. The second kappa shape index (κ2) is 6.38. The molecule has 8 nitrogen and oxygen atoms in total. The van der Waals surface area contributed by atoms with E-state index in [4.69, 9.17) is 15.3 Å². The maximum Gasteiger partial charge on any atom is 0.335 e. The van der Waals surface area contributed by atoms with Crippen molar-refractivity contribution in [1.29, 1.82) is 0 Å². The number of rotatable bonds is 7. The van der Waals surface area contributed by atoms with Crippen molar-refractivity contribution in [2.24, 2.45) is 0 Å². The number of methoxy groups -OCH3 is 2. The highest BCUT2D eigenvalue weighted by Gasteiger charge is 2.40. The summed E-state index contributed by atoms with van der Waals surface area (Å²) in [6, 6.07) is 0. The molecular formula is C8H14O8. The normalized spacial score (nSPS) is 18.5. The van der Waals surface area contributed by atoms with Crippen LogP contribution in [0.2, 0.25) is 0 Å². The van der Waals surface area contributed by atoms with Gasteiger partial charge in [0.05, 0.1) is 0 Å². The molecule has 0 rings (SSSR count). The summed E-state index contributed by atoms with van der Waals surface area (Å²) in [6.07, 6.45) is -7.13. The first kappa shape index (κ1) is 14.8. The Balaban J connectivity index is 4.83. The van der Waals surface area contributed by atoms with E-state index in [0.717, 1.165) is 14.2 Å². The summed E-state index contributed by atoms with van der Waals surface area (Å²) >= 11 is 0. The van der Waals surface area contributed by atoms with Crippen LogP contribution in [0, 0.1) is 0 Å². The van der Waals surface area contributed by atoms with Crippen LogP contribution >= 0.6 is 0 Å². The van der Waals surface area contributed by atoms with Crippen LogP contribution in [-0.2, 0) is 19.1 Å². The molecule has 0 bridgehead atoms. The molecule has 0 spiro atoms. The van der Waals surface area contributed by atoms with Crippen molar-refractivity contribution in [3.63, 3.8) is 0 Å². The van der Waals surface area contributed by atoms with Gasteiger partial charge in [0.25, 0.3) is 0 Å². The molecule has 0 aliphatic heterocycles. The van der Waals surface area contributed by atoms with Crippen LogP contribution < -0.4 is 0 Å². The second-order valence-corrected chi connectivity index (χ2v) is 2.97. The van der Waals surface area contributed by atoms with Crippen molar-refractivity contribution in [1.82, 2.24) is 0 Å². The highest BCUT2D eigenvalue weighted by Crippen LogP contribution is 2.11. The summed E-state index contributed by atoms with van der Waals surface area (Å²) in [5, 5.41) is 35.6. The Morgan fingerprint density at radius 3 is 1.75 bits per heavy atom. The van der Waals surface area contributed by atoms with Crippen LogP contribution in [0.5, 0.6) is 0 Å². The minimum absolute atomic E-state index is 1.06.